The number of carbonyl (C=O) groups is 1. The van der Waals surface area contributed by atoms with Gasteiger partial charge >= 0.3 is 0 Å². The van der Waals surface area contributed by atoms with Crippen LogP contribution < -0.4 is 0 Å². The van der Waals surface area contributed by atoms with Crippen LogP contribution in [0.25, 0.3) is 11.4 Å². The monoisotopic (exact) mass is 300 g/mol. The highest BCUT2D eigenvalue weighted by Gasteiger charge is 2.15. The van der Waals surface area contributed by atoms with Crippen LogP contribution in [0.5, 0.6) is 0 Å². The number of pyridine rings is 1. The Labute approximate surface area is 125 Å². The fourth-order valence-electron chi connectivity index (χ4n) is 1.91. The van der Waals surface area contributed by atoms with Crippen LogP contribution in [0.2, 0.25) is 0 Å². The molecule has 0 bridgehead atoms. The first-order chi connectivity index (χ1) is 10.3. The van der Waals surface area contributed by atoms with Gasteiger partial charge in [-0.3, -0.25) is 9.78 Å². The lowest BCUT2D eigenvalue weighted by atomic mass is 10.2. The molecule has 0 unspecified atom stereocenters. The molecule has 0 amide bonds. The average Bonchev–Trinajstić information content (AvgIpc) is 3.15. The van der Waals surface area contributed by atoms with Gasteiger partial charge in [-0.25, -0.2) is 0 Å². The highest BCUT2D eigenvalue weighted by Crippen LogP contribution is 2.30. The average molecular weight is 300 g/mol. The van der Waals surface area contributed by atoms with Crippen molar-refractivity contribution < 1.29 is 9.21 Å². The molecule has 6 nitrogen and oxygen atoms in total. The van der Waals surface area contributed by atoms with Gasteiger partial charge in [0.15, 0.2) is 28.1 Å². The minimum Gasteiger partial charge on any atom is -0.447 e. The van der Waals surface area contributed by atoms with Crippen LogP contribution in [0.4, 0.5) is 0 Å². The molecule has 0 atom stereocenters. The zero-order chi connectivity index (χ0) is 14.7. The van der Waals surface area contributed by atoms with E-state index in [0.717, 1.165) is 23.1 Å². The van der Waals surface area contributed by atoms with Gasteiger partial charge in [0.2, 0.25) is 0 Å². The Kier molecular flexibility index (Phi) is 3.83. The number of nitrogens with zero attached hydrogens (tertiary/aromatic N) is 4. The molecule has 0 saturated heterocycles. The fourth-order valence-corrected chi connectivity index (χ4v) is 2.77. The van der Waals surface area contributed by atoms with Crippen LogP contribution in [-0.4, -0.2) is 26.0 Å². The van der Waals surface area contributed by atoms with Crippen LogP contribution in [0.1, 0.15) is 17.5 Å². The van der Waals surface area contributed by atoms with Gasteiger partial charge in [-0.05, 0) is 43.0 Å². The number of aldehydes is 1. The maximum absolute atomic E-state index is 10.6. The molecule has 3 aromatic heterocycles. The van der Waals surface area contributed by atoms with Gasteiger partial charge < -0.3 is 8.98 Å². The Bertz CT molecular complexity index is 751. The third-order valence-corrected chi connectivity index (χ3v) is 3.79. The fraction of sp³-hybridized carbons (Fsp3) is 0.143. The zero-order valence-electron chi connectivity index (χ0n) is 11.3. The molecule has 0 radical (unpaired) electrons. The number of carbonyl (C=O) groups excluding carboxylic acids is 1. The van der Waals surface area contributed by atoms with Crippen LogP contribution in [0.15, 0.2) is 51.3 Å². The Morgan fingerprint density at radius 2 is 2.05 bits per heavy atom. The van der Waals surface area contributed by atoms with Gasteiger partial charge in [-0.1, -0.05) is 0 Å². The minimum atomic E-state index is 0.300. The first kappa shape index (κ1) is 13.6. The number of aromatic nitrogens is 4. The van der Waals surface area contributed by atoms with Crippen molar-refractivity contribution in [1.82, 2.24) is 19.7 Å². The molecule has 0 saturated carbocycles. The molecule has 0 aromatic carbocycles. The first-order valence-electron chi connectivity index (χ1n) is 6.38. The highest BCUT2D eigenvalue weighted by molar-refractivity contribution is 7.99. The second-order valence-electron chi connectivity index (χ2n) is 4.16. The second-order valence-corrected chi connectivity index (χ2v) is 5.13. The largest absolute Gasteiger partial charge is 0.447 e. The predicted octanol–water partition coefficient (Wildman–Crippen LogP) is 2.92. The van der Waals surface area contributed by atoms with Gasteiger partial charge in [-0.15, -0.1) is 10.2 Å². The smallest absolute Gasteiger partial charge is 0.199 e. The summed E-state index contributed by atoms with van der Waals surface area (Å²) in [6, 6.07) is 7.16. The Morgan fingerprint density at radius 3 is 2.71 bits per heavy atom. The van der Waals surface area contributed by atoms with Crippen molar-refractivity contribution in [2.75, 3.05) is 0 Å². The summed E-state index contributed by atoms with van der Waals surface area (Å²) in [7, 11) is 0. The number of hydrogen-bond acceptors (Lipinski definition) is 6. The van der Waals surface area contributed by atoms with E-state index < -0.39 is 0 Å². The standard InChI is InChI=1S/C14H12N4O2S/c1-2-18-13(10-5-7-15-8-6-10)16-17-14(18)21-12-4-3-11(9-19)20-12/h3-9H,2H2,1H3. The molecule has 0 N–H and O–H groups in total. The normalized spacial score (nSPS) is 10.7. The second kappa shape index (κ2) is 5.92. The summed E-state index contributed by atoms with van der Waals surface area (Å²) < 4.78 is 7.34. The van der Waals surface area contributed by atoms with E-state index in [2.05, 4.69) is 15.2 Å². The van der Waals surface area contributed by atoms with Crippen LogP contribution in [0, 0.1) is 0 Å². The van der Waals surface area contributed by atoms with Crippen molar-refractivity contribution >= 4 is 18.0 Å². The van der Waals surface area contributed by atoms with Gasteiger partial charge in [-0.2, -0.15) is 0 Å². The molecule has 0 aliphatic heterocycles. The van der Waals surface area contributed by atoms with E-state index in [1.807, 2.05) is 23.6 Å². The Hall–Kier alpha value is -2.41. The third kappa shape index (κ3) is 2.73. The lowest BCUT2D eigenvalue weighted by Crippen LogP contribution is -1.99. The van der Waals surface area contributed by atoms with E-state index in [0.29, 0.717) is 17.1 Å². The summed E-state index contributed by atoms with van der Waals surface area (Å²) in [6.07, 6.45) is 4.12. The van der Waals surface area contributed by atoms with Gasteiger partial charge in [0, 0.05) is 24.5 Å². The van der Waals surface area contributed by atoms with E-state index >= 15 is 0 Å². The van der Waals surface area contributed by atoms with Crippen LogP contribution in [-0.2, 0) is 6.54 Å². The topological polar surface area (TPSA) is 73.8 Å². The van der Waals surface area contributed by atoms with Crippen molar-refractivity contribution in [2.24, 2.45) is 0 Å². The van der Waals surface area contributed by atoms with E-state index in [1.54, 1.807) is 24.5 Å². The third-order valence-electron chi connectivity index (χ3n) is 2.88. The molecule has 3 rings (SSSR count). The van der Waals surface area contributed by atoms with Crippen molar-refractivity contribution in [3.63, 3.8) is 0 Å². The molecular formula is C14H12N4O2S. The number of hydrogen-bond donors (Lipinski definition) is 0. The summed E-state index contributed by atoms with van der Waals surface area (Å²) in [5.41, 5.74) is 0.958. The van der Waals surface area contributed by atoms with Crippen molar-refractivity contribution in [3.05, 3.63) is 42.4 Å². The van der Waals surface area contributed by atoms with Crippen molar-refractivity contribution in [2.45, 2.75) is 23.7 Å². The maximum Gasteiger partial charge on any atom is 0.199 e. The van der Waals surface area contributed by atoms with Crippen molar-refractivity contribution in [3.8, 4) is 11.4 Å². The first-order valence-corrected chi connectivity index (χ1v) is 7.20. The Balaban J connectivity index is 1.93. The van der Waals surface area contributed by atoms with Crippen LogP contribution in [0.3, 0.4) is 0 Å². The Morgan fingerprint density at radius 1 is 1.24 bits per heavy atom. The summed E-state index contributed by atoms with van der Waals surface area (Å²) in [4.78, 5) is 14.6. The van der Waals surface area contributed by atoms with Crippen LogP contribution >= 0.6 is 11.8 Å². The van der Waals surface area contributed by atoms with Crippen molar-refractivity contribution in [1.29, 1.82) is 0 Å². The molecule has 106 valence electrons. The molecule has 0 fully saturated rings. The van der Waals surface area contributed by atoms with Gasteiger partial charge in [0.25, 0.3) is 0 Å². The highest BCUT2D eigenvalue weighted by atomic mass is 32.2. The number of rotatable bonds is 5. The zero-order valence-corrected chi connectivity index (χ0v) is 12.1. The van der Waals surface area contributed by atoms with E-state index in [9.17, 15) is 4.79 Å². The number of furan rings is 1. The lowest BCUT2D eigenvalue weighted by molar-refractivity contribution is 0.109. The summed E-state index contributed by atoms with van der Waals surface area (Å²) in [6.45, 7) is 2.76. The van der Waals surface area contributed by atoms with Gasteiger partial charge in [0.1, 0.15) is 0 Å². The quantitative estimate of drug-likeness (QED) is 0.674. The van der Waals surface area contributed by atoms with Gasteiger partial charge in [0.05, 0.1) is 0 Å². The maximum atomic E-state index is 10.6. The molecular weight excluding hydrogens is 288 g/mol. The molecule has 3 heterocycles. The SMILES string of the molecule is CCn1c(Sc2ccc(C=O)o2)nnc1-c1ccncc1. The summed E-state index contributed by atoms with van der Waals surface area (Å²) in [5.74, 6) is 1.08. The predicted molar refractivity (Wildman–Crippen MR) is 77.1 cm³/mol. The summed E-state index contributed by atoms with van der Waals surface area (Å²) in [5, 5.41) is 9.76. The lowest BCUT2D eigenvalue weighted by Gasteiger charge is -2.05. The molecule has 21 heavy (non-hydrogen) atoms. The van der Waals surface area contributed by atoms with E-state index in [1.165, 1.54) is 11.8 Å². The van der Waals surface area contributed by atoms with E-state index in [4.69, 9.17) is 4.42 Å². The van der Waals surface area contributed by atoms with E-state index in [-0.39, 0.29) is 0 Å². The molecule has 0 aliphatic rings. The molecule has 0 aliphatic carbocycles. The minimum absolute atomic E-state index is 0.300. The molecule has 3 aromatic rings. The summed E-state index contributed by atoms with van der Waals surface area (Å²) >= 11 is 1.34. The molecule has 7 heteroatoms. The molecule has 0 spiro atoms.